The molecule has 2 aromatic carbocycles. The van der Waals surface area contributed by atoms with Gasteiger partial charge in [-0.05, 0) is 61.1 Å². The molecular weight excluding hydrogens is 379 g/mol. The van der Waals surface area contributed by atoms with Gasteiger partial charge in [0.15, 0.2) is 0 Å². The summed E-state index contributed by atoms with van der Waals surface area (Å²) in [6.45, 7) is 5.41. The lowest BCUT2D eigenvalue weighted by Gasteiger charge is -2.45. The van der Waals surface area contributed by atoms with Crippen LogP contribution < -0.4 is 4.74 Å². The summed E-state index contributed by atoms with van der Waals surface area (Å²) in [5.74, 6) is 0.738. The summed E-state index contributed by atoms with van der Waals surface area (Å²) < 4.78 is 24.7. The number of piperazine rings is 1. The second-order valence-corrected chi connectivity index (χ2v) is 8.60. The van der Waals surface area contributed by atoms with Crippen LogP contribution in [0.25, 0.3) is 0 Å². The Labute approximate surface area is 179 Å². The highest BCUT2D eigenvalue weighted by Crippen LogP contribution is 2.41. The quantitative estimate of drug-likeness (QED) is 0.701. The molecule has 162 valence electrons. The highest BCUT2D eigenvalue weighted by Gasteiger charge is 2.39. The van der Waals surface area contributed by atoms with Gasteiger partial charge in [0.2, 0.25) is 0 Å². The molecule has 0 radical (unpaired) electrons. The molecule has 4 rings (SSSR count). The predicted molar refractivity (Wildman–Crippen MR) is 117 cm³/mol. The average Bonchev–Trinajstić information content (AvgIpc) is 2.80. The minimum absolute atomic E-state index is 0.189. The Hall–Kier alpha value is -1.95. The van der Waals surface area contributed by atoms with Crippen molar-refractivity contribution < 1.29 is 13.9 Å². The minimum atomic E-state index is -0.265. The molecule has 4 nitrogen and oxygen atoms in total. The number of nitrogens with zero attached hydrogens (tertiary/aromatic N) is 2. The fraction of sp³-hybridized carbons (Fsp3) is 0.520. The molecule has 0 aromatic heterocycles. The van der Waals surface area contributed by atoms with Crippen molar-refractivity contribution in [1.29, 1.82) is 0 Å². The molecule has 2 aromatic rings. The molecule has 5 heteroatoms. The first kappa shape index (κ1) is 21.3. The molecule has 1 saturated carbocycles. The van der Waals surface area contributed by atoms with Crippen molar-refractivity contribution in [2.24, 2.45) is 0 Å². The molecule has 0 amide bonds. The number of hydrogen-bond acceptors (Lipinski definition) is 4. The third kappa shape index (κ3) is 4.69. The van der Waals surface area contributed by atoms with E-state index in [1.165, 1.54) is 5.56 Å². The molecule has 1 aliphatic heterocycles. The number of ether oxygens (including phenoxy) is 2. The molecule has 0 unspecified atom stereocenters. The van der Waals surface area contributed by atoms with Crippen molar-refractivity contribution in [2.45, 2.75) is 43.9 Å². The third-order valence-electron chi connectivity index (χ3n) is 6.99. The Morgan fingerprint density at radius 3 is 2.30 bits per heavy atom. The highest BCUT2D eigenvalue weighted by molar-refractivity contribution is 5.28. The summed E-state index contributed by atoms with van der Waals surface area (Å²) in [7, 11) is 3.51. The molecule has 2 aliphatic rings. The smallest absolute Gasteiger partial charge is 0.123 e. The van der Waals surface area contributed by atoms with Gasteiger partial charge in [-0.2, -0.15) is 0 Å². The van der Waals surface area contributed by atoms with Crippen LogP contribution in [0.4, 0.5) is 4.39 Å². The second-order valence-electron chi connectivity index (χ2n) is 8.60. The molecular formula is C25H33FN2O2. The maximum absolute atomic E-state index is 13.3. The van der Waals surface area contributed by atoms with Crippen LogP contribution in [0.1, 0.15) is 36.8 Å². The van der Waals surface area contributed by atoms with Crippen LogP contribution in [0.3, 0.4) is 0 Å². The Bertz CT molecular complexity index is 810. The number of benzene rings is 2. The summed E-state index contributed by atoms with van der Waals surface area (Å²) in [4.78, 5) is 5.19. The van der Waals surface area contributed by atoms with E-state index in [2.05, 4.69) is 28.0 Å². The van der Waals surface area contributed by atoms with Crippen molar-refractivity contribution in [3.8, 4) is 5.75 Å². The summed E-state index contributed by atoms with van der Waals surface area (Å²) >= 11 is 0. The molecule has 1 aliphatic carbocycles. The van der Waals surface area contributed by atoms with Gasteiger partial charge in [-0.1, -0.05) is 24.3 Å². The van der Waals surface area contributed by atoms with Crippen molar-refractivity contribution in [3.63, 3.8) is 0 Å². The predicted octanol–water partition coefficient (Wildman–Crippen LogP) is 4.44. The van der Waals surface area contributed by atoms with E-state index in [9.17, 15) is 4.39 Å². The van der Waals surface area contributed by atoms with Gasteiger partial charge < -0.3 is 9.47 Å². The normalized spacial score (nSPS) is 25.9. The SMILES string of the molecule is COc1cccc(CN2CCN(C3CCC(OC)(c4ccc(F)cc4)CC3)CC2)c1. The average molecular weight is 413 g/mol. The van der Waals surface area contributed by atoms with Crippen molar-refractivity contribution in [1.82, 2.24) is 9.80 Å². The van der Waals surface area contributed by atoms with Crippen LogP contribution in [0.2, 0.25) is 0 Å². The standard InChI is InChI=1S/C25H33FN2O2/c1-29-24-5-3-4-20(18-24)19-27-14-16-28(17-15-27)23-10-12-25(30-2,13-11-23)21-6-8-22(26)9-7-21/h3-9,18,23H,10-17,19H2,1-2H3. The van der Waals surface area contributed by atoms with E-state index < -0.39 is 0 Å². The van der Waals surface area contributed by atoms with Gasteiger partial charge in [0, 0.05) is 45.9 Å². The van der Waals surface area contributed by atoms with E-state index in [-0.39, 0.29) is 11.4 Å². The van der Waals surface area contributed by atoms with Crippen LogP contribution >= 0.6 is 0 Å². The molecule has 0 atom stereocenters. The van der Waals surface area contributed by atoms with E-state index in [0.717, 1.165) is 69.7 Å². The van der Waals surface area contributed by atoms with Crippen LogP contribution in [0.15, 0.2) is 48.5 Å². The van der Waals surface area contributed by atoms with Gasteiger partial charge in [0.25, 0.3) is 0 Å². The largest absolute Gasteiger partial charge is 0.497 e. The van der Waals surface area contributed by atoms with Gasteiger partial charge >= 0.3 is 0 Å². The van der Waals surface area contributed by atoms with E-state index in [1.54, 1.807) is 26.4 Å². The molecule has 0 N–H and O–H groups in total. The lowest BCUT2D eigenvalue weighted by molar-refractivity contribution is -0.0647. The molecule has 2 fully saturated rings. The van der Waals surface area contributed by atoms with Gasteiger partial charge in [0.1, 0.15) is 11.6 Å². The van der Waals surface area contributed by atoms with E-state index in [0.29, 0.717) is 6.04 Å². The van der Waals surface area contributed by atoms with Gasteiger partial charge in [0.05, 0.1) is 12.7 Å². The van der Waals surface area contributed by atoms with Crippen LogP contribution in [-0.4, -0.2) is 56.2 Å². The van der Waals surface area contributed by atoms with E-state index in [1.807, 2.05) is 18.2 Å². The Balaban J connectivity index is 1.29. The molecule has 30 heavy (non-hydrogen) atoms. The maximum atomic E-state index is 13.3. The van der Waals surface area contributed by atoms with Crippen LogP contribution in [0.5, 0.6) is 5.75 Å². The topological polar surface area (TPSA) is 24.9 Å². The van der Waals surface area contributed by atoms with Crippen LogP contribution in [-0.2, 0) is 16.9 Å². The van der Waals surface area contributed by atoms with Gasteiger partial charge in [-0.3, -0.25) is 9.80 Å². The maximum Gasteiger partial charge on any atom is 0.123 e. The Morgan fingerprint density at radius 1 is 0.967 bits per heavy atom. The van der Waals surface area contributed by atoms with E-state index >= 15 is 0 Å². The van der Waals surface area contributed by atoms with Gasteiger partial charge in [-0.15, -0.1) is 0 Å². The van der Waals surface area contributed by atoms with E-state index in [4.69, 9.17) is 9.47 Å². The molecule has 0 bridgehead atoms. The molecule has 1 saturated heterocycles. The minimum Gasteiger partial charge on any atom is -0.497 e. The summed E-state index contributed by atoms with van der Waals surface area (Å²) in [5.41, 5.74) is 2.15. The lowest BCUT2D eigenvalue weighted by atomic mass is 9.77. The fourth-order valence-electron chi connectivity index (χ4n) is 5.11. The number of methoxy groups -OCH3 is 2. The summed E-state index contributed by atoms with van der Waals surface area (Å²) in [6, 6.07) is 15.9. The molecule has 1 heterocycles. The highest BCUT2D eigenvalue weighted by atomic mass is 19.1. The first-order valence-electron chi connectivity index (χ1n) is 11.0. The lowest BCUT2D eigenvalue weighted by Crippen LogP contribution is -2.52. The summed E-state index contributed by atoms with van der Waals surface area (Å²) in [5, 5.41) is 0. The van der Waals surface area contributed by atoms with Crippen LogP contribution in [0, 0.1) is 5.82 Å². The zero-order valence-electron chi connectivity index (χ0n) is 18.1. The number of halogens is 1. The monoisotopic (exact) mass is 412 g/mol. The second kappa shape index (κ2) is 9.46. The van der Waals surface area contributed by atoms with Crippen molar-refractivity contribution in [3.05, 3.63) is 65.5 Å². The first-order chi connectivity index (χ1) is 14.6. The zero-order valence-corrected chi connectivity index (χ0v) is 18.1. The summed E-state index contributed by atoms with van der Waals surface area (Å²) in [6.07, 6.45) is 4.23. The van der Waals surface area contributed by atoms with Gasteiger partial charge in [-0.25, -0.2) is 4.39 Å². The molecule has 0 spiro atoms. The third-order valence-corrected chi connectivity index (χ3v) is 6.99. The Morgan fingerprint density at radius 2 is 1.67 bits per heavy atom. The Kier molecular flexibility index (Phi) is 6.71. The van der Waals surface area contributed by atoms with Crippen molar-refractivity contribution in [2.75, 3.05) is 40.4 Å². The number of hydrogen-bond donors (Lipinski definition) is 0. The number of rotatable bonds is 6. The zero-order chi connectivity index (χ0) is 21.0. The fourth-order valence-corrected chi connectivity index (χ4v) is 5.11. The van der Waals surface area contributed by atoms with Crippen molar-refractivity contribution >= 4 is 0 Å². The first-order valence-corrected chi connectivity index (χ1v) is 11.0.